The lowest BCUT2D eigenvalue weighted by atomic mass is 9.87. The molecule has 0 aromatic heterocycles. The van der Waals surface area contributed by atoms with Gasteiger partial charge in [-0.15, -0.1) is 0 Å². The third-order valence-electron chi connectivity index (χ3n) is 2.85. The Kier molecular flexibility index (Phi) is 4.29. The van der Waals surface area contributed by atoms with Crippen LogP contribution in [0.1, 0.15) is 33.3 Å². The molecule has 17 heavy (non-hydrogen) atoms. The standard InChI is InChI=1S/C14H22N2O/c1-5-10-6-8-11(9-7-10)16-13(17)12(15)14(2,3)4/h6-9,12H,5,15H2,1-4H3,(H,16,17)/t12-/m1/s1. The maximum atomic E-state index is 11.9. The molecule has 0 saturated heterocycles. The van der Waals surface area contributed by atoms with Gasteiger partial charge in [-0.25, -0.2) is 0 Å². The van der Waals surface area contributed by atoms with Crippen LogP contribution in [0.15, 0.2) is 24.3 Å². The molecular formula is C14H22N2O. The van der Waals surface area contributed by atoms with Crippen molar-refractivity contribution in [3.05, 3.63) is 29.8 Å². The summed E-state index contributed by atoms with van der Waals surface area (Å²) in [5.41, 5.74) is 7.71. The van der Waals surface area contributed by atoms with Gasteiger partial charge in [0.25, 0.3) is 0 Å². The average molecular weight is 234 g/mol. The summed E-state index contributed by atoms with van der Waals surface area (Å²) in [6, 6.07) is 7.34. The van der Waals surface area contributed by atoms with Crippen LogP contribution in [0.4, 0.5) is 5.69 Å². The Labute approximate surface area is 103 Å². The van der Waals surface area contributed by atoms with E-state index < -0.39 is 6.04 Å². The molecule has 0 unspecified atom stereocenters. The summed E-state index contributed by atoms with van der Waals surface area (Å²) < 4.78 is 0. The van der Waals surface area contributed by atoms with Crippen LogP contribution in [0.5, 0.6) is 0 Å². The van der Waals surface area contributed by atoms with E-state index in [1.54, 1.807) is 0 Å². The van der Waals surface area contributed by atoms with Crippen molar-refractivity contribution in [2.75, 3.05) is 5.32 Å². The topological polar surface area (TPSA) is 55.1 Å². The fourth-order valence-electron chi connectivity index (χ4n) is 1.44. The van der Waals surface area contributed by atoms with E-state index >= 15 is 0 Å². The Balaban J connectivity index is 2.68. The molecule has 0 spiro atoms. The van der Waals surface area contributed by atoms with Gasteiger partial charge >= 0.3 is 0 Å². The predicted molar refractivity (Wildman–Crippen MR) is 71.9 cm³/mol. The van der Waals surface area contributed by atoms with Crippen LogP contribution < -0.4 is 11.1 Å². The summed E-state index contributed by atoms with van der Waals surface area (Å²) in [4.78, 5) is 11.9. The predicted octanol–water partition coefficient (Wildman–Crippen LogP) is 2.56. The Hall–Kier alpha value is -1.35. The maximum absolute atomic E-state index is 11.9. The van der Waals surface area contributed by atoms with Crippen LogP contribution in [0, 0.1) is 5.41 Å². The first kappa shape index (κ1) is 13.7. The smallest absolute Gasteiger partial charge is 0.241 e. The lowest BCUT2D eigenvalue weighted by Crippen LogP contribution is -2.45. The Morgan fingerprint density at radius 2 is 1.82 bits per heavy atom. The Bertz CT molecular complexity index is 376. The van der Waals surface area contributed by atoms with Gasteiger partial charge in [0.1, 0.15) is 0 Å². The zero-order valence-electron chi connectivity index (χ0n) is 11.1. The highest BCUT2D eigenvalue weighted by Gasteiger charge is 2.27. The van der Waals surface area contributed by atoms with E-state index in [1.165, 1.54) is 5.56 Å². The number of rotatable bonds is 3. The van der Waals surface area contributed by atoms with Gasteiger partial charge in [-0.3, -0.25) is 4.79 Å². The van der Waals surface area contributed by atoms with Gasteiger partial charge in [-0.05, 0) is 29.5 Å². The van der Waals surface area contributed by atoms with Crippen LogP contribution >= 0.6 is 0 Å². The van der Waals surface area contributed by atoms with Crippen molar-refractivity contribution in [1.82, 2.24) is 0 Å². The number of hydrogen-bond acceptors (Lipinski definition) is 2. The highest BCUT2D eigenvalue weighted by atomic mass is 16.2. The molecule has 1 rings (SSSR count). The Morgan fingerprint density at radius 1 is 1.29 bits per heavy atom. The molecule has 94 valence electrons. The number of hydrogen-bond donors (Lipinski definition) is 2. The van der Waals surface area contributed by atoms with Crippen molar-refractivity contribution in [3.8, 4) is 0 Å². The monoisotopic (exact) mass is 234 g/mol. The summed E-state index contributed by atoms with van der Waals surface area (Å²) in [7, 11) is 0. The van der Waals surface area contributed by atoms with Crippen LogP contribution in [0.25, 0.3) is 0 Å². The van der Waals surface area contributed by atoms with E-state index in [9.17, 15) is 4.79 Å². The molecule has 0 fully saturated rings. The summed E-state index contributed by atoms with van der Waals surface area (Å²) in [5, 5.41) is 2.84. The molecule has 0 heterocycles. The molecule has 3 heteroatoms. The van der Waals surface area contributed by atoms with Gasteiger partial charge < -0.3 is 11.1 Å². The summed E-state index contributed by atoms with van der Waals surface area (Å²) >= 11 is 0. The minimum absolute atomic E-state index is 0.137. The largest absolute Gasteiger partial charge is 0.325 e. The average Bonchev–Trinajstić information content (AvgIpc) is 2.27. The third kappa shape index (κ3) is 3.86. The van der Waals surface area contributed by atoms with E-state index in [-0.39, 0.29) is 11.3 Å². The fourth-order valence-corrected chi connectivity index (χ4v) is 1.44. The molecule has 1 atom stereocenters. The zero-order valence-corrected chi connectivity index (χ0v) is 11.1. The number of nitrogens with two attached hydrogens (primary N) is 1. The number of carbonyl (C=O) groups is 1. The van der Waals surface area contributed by atoms with E-state index in [4.69, 9.17) is 5.73 Å². The molecule has 1 aromatic carbocycles. The number of carbonyl (C=O) groups excluding carboxylic acids is 1. The van der Waals surface area contributed by atoms with Crippen molar-refractivity contribution in [3.63, 3.8) is 0 Å². The second-order valence-electron chi connectivity index (χ2n) is 5.38. The minimum Gasteiger partial charge on any atom is -0.325 e. The lowest BCUT2D eigenvalue weighted by molar-refractivity contribution is -0.119. The first-order valence-electron chi connectivity index (χ1n) is 6.00. The van der Waals surface area contributed by atoms with Crippen LogP contribution in [-0.4, -0.2) is 11.9 Å². The van der Waals surface area contributed by atoms with Gasteiger partial charge in [-0.2, -0.15) is 0 Å². The van der Waals surface area contributed by atoms with Crippen molar-refractivity contribution in [2.45, 2.75) is 40.2 Å². The normalized spacial score (nSPS) is 13.2. The Morgan fingerprint density at radius 3 is 2.24 bits per heavy atom. The van der Waals surface area contributed by atoms with E-state index in [1.807, 2.05) is 45.0 Å². The van der Waals surface area contributed by atoms with Gasteiger partial charge in [0.2, 0.25) is 5.91 Å². The summed E-state index contributed by atoms with van der Waals surface area (Å²) in [6.07, 6.45) is 0.996. The van der Waals surface area contributed by atoms with Gasteiger partial charge in [-0.1, -0.05) is 39.8 Å². The maximum Gasteiger partial charge on any atom is 0.241 e. The molecule has 0 aliphatic rings. The van der Waals surface area contributed by atoms with Crippen molar-refractivity contribution < 1.29 is 4.79 Å². The molecule has 0 aliphatic heterocycles. The number of amides is 1. The first-order valence-corrected chi connectivity index (χ1v) is 6.00. The molecule has 3 N–H and O–H groups in total. The summed E-state index contributed by atoms with van der Waals surface area (Å²) in [5.74, 6) is -0.137. The molecule has 3 nitrogen and oxygen atoms in total. The molecule has 0 radical (unpaired) electrons. The quantitative estimate of drug-likeness (QED) is 0.844. The minimum atomic E-state index is -0.506. The van der Waals surface area contributed by atoms with Crippen LogP contribution in [-0.2, 0) is 11.2 Å². The second-order valence-corrected chi connectivity index (χ2v) is 5.38. The zero-order chi connectivity index (χ0) is 13.1. The second kappa shape index (κ2) is 5.32. The van der Waals surface area contributed by atoms with Crippen LogP contribution in [0.2, 0.25) is 0 Å². The molecule has 0 aliphatic carbocycles. The van der Waals surface area contributed by atoms with Gasteiger partial charge in [0, 0.05) is 5.69 Å². The van der Waals surface area contributed by atoms with Crippen molar-refractivity contribution >= 4 is 11.6 Å². The number of aryl methyl sites for hydroxylation is 1. The molecule has 0 saturated carbocycles. The van der Waals surface area contributed by atoms with Crippen molar-refractivity contribution in [1.29, 1.82) is 0 Å². The highest BCUT2D eigenvalue weighted by molar-refractivity contribution is 5.95. The number of anilines is 1. The molecule has 0 bridgehead atoms. The molecular weight excluding hydrogens is 212 g/mol. The molecule has 1 amide bonds. The van der Waals surface area contributed by atoms with E-state index in [2.05, 4.69) is 12.2 Å². The number of nitrogens with one attached hydrogen (secondary N) is 1. The lowest BCUT2D eigenvalue weighted by Gasteiger charge is -2.25. The van der Waals surface area contributed by atoms with E-state index in [0.717, 1.165) is 12.1 Å². The van der Waals surface area contributed by atoms with Crippen molar-refractivity contribution in [2.24, 2.45) is 11.1 Å². The third-order valence-corrected chi connectivity index (χ3v) is 2.85. The molecule has 1 aromatic rings. The SMILES string of the molecule is CCc1ccc(NC(=O)[C@@H](N)C(C)(C)C)cc1. The van der Waals surface area contributed by atoms with E-state index in [0.29, 0.717) is 0 Å². The van der Waals surface area contributed by atoms with Gasteiger partial charge in [0.05, 0.1) is 6.04 Å². The first-order chi connectivity index (χ1) is 7.84. The van der Waals surface area contributed by atoms with Gasteiger partial charge in [0.15, 0.2) is 0 Å². The number of benzene rings is 1. The highest BCUT2D eigenvalue weighted by Crippen LogP contribution is 2.19. The van der Waals surface area contributed by atoms with Crippen LogP contribution in [0.3, 0.4) is 0 Å². The summed E-state index contributed by atoms with van der Waals surface area (Å²) in [6.45, 7) is 7.97. The fraction of sp³-hybridized carbons (Fsp3) is 0.500.